The third-order valence-electron chi connectivity index (χ3n) is 3.35. The summed E-state index contributed by atoms with van der Waals surface area (Å²) >= 11 is 3.37. The molecule has 0 radical (unpaired) electrons. The van der Waals surface area contributed by atoms with E-state index in [2.05, 4.69) is 15.9 Å². The molecule has 1 saturated heterocycles. The quantitative estimate of drug-likeness (QED) is 0.895. The van der Waals surface area contributed by atoms with Gasteiger partial charge >= 0.3 is 5.97 Å². The number of aliphatic carboxylic acids is 1. The second-order valence-electron chi connectivity index (χ2n) is 4.85. The number of nitrogens with zero attached hydrogens (tertiary/aromatic N) is 2. The van der Waals surface area contributed by atoms with Crippen molar-refractivity contribution in [2.24, 2.45) is 0 Å². The van der Waals surface area contributed by atoms with Gasteiger partial charge in [0.15, 0.2) is 0 Å². The summed E-state index contributed by atoms with van der Waals surface area (Å²) in [4.78, 5) is 26.4. The summed E-state index contributed by atoms with van der Waals surface area (Å²) in [5, 5.41) is 8.73. The number of benzene rings is 1. The smallest absolute Gasteiger partial charge is 0.317 e. The average Bonchev–Trinajstić information content (AvgIpc) is 2.41. The molecule has 0 saturated carbocycles. The van der Waals surface area contributed by atoms with Gasteiger partial charge in [0, 0.05) is 30.7 Å². The van der Waals surface area contributed by atoms with Crippen molar-refractivity contribution in [2.75, 3.05) is 32.7 Å². The lowest BCUT2D eigenvalue weighted by Crippen LogP contribution is -2.50. The molecule has 20 heavy (non-hydrogen) atoms. The molecular weight excluding hydrogens is 324 g/mol. The lowest BCUT2D eigenvalue weighted by molar-refractivity contribution is -0.139. The van der Waals surface area contributed by atoms with Gasteiger partial charge in [-0.3, -0.25) is 14.5 Å². The summed E-state index contributed by atoms with van der Waals surface area (Å²) < 4.78 is 0.996. The largest absolute Gasteiger partial charge is 0.480 e. The minimum absolute atomic E-state index is 0.0503. The van der Waals surface area contributed by atoms with Crippen molar-refractivity contribution in [2.45, 2.75) is 6.42 Å². The Morgan fingerprint density at radius 2 is 1.70 bits per heavy atom. The molecule has 0 bridgehead atoms. The Morgan fingerprint density at radius 1 is 1.10 bits per heavy atom. The minimum atomic E-state index is -0.820. The molecule has 1 aromatic rings. The number of carbonyl (C=O) groups excluding carboxylic acids is 1. The van der Waals surface area contributed by atoms with E-state index in [0.717, 1.165) is 10.0 Å². The zero-order valence-electron chi connectivity index (χ0n) is 11.1. The second-order valence-corrected chi connectivity index (χ2v) is 5.77. The number of amides is 1. The van der Waals surface area contributed by atoms with Crippen LogP contribution in [0, 0.1) is 0 Å². The SMILES string of the molecule is O=C(O)CN1CCN(C(=O)Cc2ccc(Br)cc2)CC1. The number of hydrogen-bond acceptors (Lipinski definition) is 3. The topological polar surface area (TPSA) is 60.9 Å². The van der Waals surface area contributed by atoms with Gasteiger partial charge in [-0.2, -0.15) is 0 Å². The van der Waals surface area contributed by atoms with Crippen molar-refractivity contribution in [3.63, 3.8) is 0 Å². The van der Waals surface area contributed by atoms with Crippen molar-refractivity contribution >= 4 is 27.8 Å². The molecule has 0 spiro atoms. The van der Waals surface area contributed by atoms with Crippen molar-refractivity contribution in [3.05, 3.63) is 34.3 Å². The Labute approximate surface area is 126 Å². The number of carboxylic acids is 1. The zero-order chi connectivity index (χ0) is 14.5. The van der Waals surface area contributed by atoms with Crippen LogP contribution in [0.3, 0.4) is 0 Å². The highest BCUT2D eigenvalue weighted by molar-refractivity contribution is 9.10. The zero-order valence-corrected chi connectivity index (χ0v) is 12.7. The van der Waals surface area contributed by atoms with E-state index in [1.54, 1.807) is 4.90 Å². The van der Waals surface area contributed by atoms with Crippen LogP contribution in [0.15, 0.2) is 28.7 Å². The van der Waals surface area contributed by atoms with Crippen LogP contribution >= 0.6 is 15.9 Å². The third-order valence-corrected chi connectivity index (χ3v) is 3.88. The highest BCUT2D eigenvalue weighted by Crippen LogP contribution is 2.12. The van der Waals surface area contributed by atoms with Gasteiger partial charge in [-0.1, -0.05) is 28.1 Å². The van der Waals surface area contributed by atoms with Crippen LogP contribution in [-0.2, 0) is 16.0 Å². The third kappa shape index (κ3) is 4.31. The van der Waals surface area contributed by atoms with Crippen molar-refractivity contribution in [1.82, 2.24) is 9.80 Å². The highest BCUT2D eigenvalue weighted by atomic mass is 79.9. The molecule has 1 aliphatic rings. The molecule has 0 atom stereocenters. The number of piperazine rings is 1. The van der Waals surface area contributed by atoms with E-state index in [1.165, 1.54) is 0 Å². The minimum Gasteiger partial charge on any atom is -0.480 e. The molecule has 2 rings (SSSR count). The lowest BCUT2D eigenvalue weighted by atomic mass is 10.1. The molecule has 1 aromatic carbocycles. The maximum absolute atomic E-state index is 12.2. The summed E-state index contributed by atoms with van der Waals surface area (Å²) in [7, 11) is 0. The van der Waals surface area contributed by atoms with E-state index in [1.807, 2.05) is 29.2 Å². The fourth-order valence-electron chi connectivity index (χ4n) is 2.24. The molecule has 0 aliphatic carbocycles. The van der Waals surface area contributed by atoms with E-state index in [9.17, 15) is 9.59 Å². The Kier molecular flexibility index (Phi) is 5.14. The normalized spacial score (nSPS) is 16.1. The van der Waals surface area contributed by atoms with Crippen molar-refractivity contribution < 1.29 is 14.7 Å². The maximum atomic E-state index is 12.2. The average molecular weight is 341 g/mol. The van der Waals surface area contributed by atoms with E-state index >= 15 is 0 Å². The Morgan fingerprint density at radius 3 is 2.25 bits per heavy atom. The summed E-state index contributed by atoms with van der Waals surface area (Å²) in [5.74, 6) is -0.720. The van der Waals surface area contributed by atoms with Gasteiger partial charge in [-0.15, -0.1) is 0 Å². The van der Waals surface area contributed by atoms with Crippen molar-refractivity contribution in [1.29, 1.82) is 0 Å². The van der Waals surface area contributed by atoms with Gasteiger partial charge in [0.25, 0.3) is 0 Å². The first-order valence-corrected chi connectivity index (χ1v) is 7.30. The lowest BCUT2D eigenvalue weighted by Gasteiger charge is -2.33. The molecule has 1 fully saturated rings. The monoisotopic (exact) mass is 340 g/mol. The van der Waals surface area contributed by atoms with E-state index in [-0.39, 0.29) is 12.5 Å². The summed E-state index contributed by atoms with van der Waals surface area (Å²) in [6.45, 7) is 2.50. The fourth-order valence-corrected chi connectivity index (χ4v) is 2.50. The van der Waals surface area contributed by atoms with Gasteiger partial charge in [-0.05, 0) is 17.7 Å². The molecular formula is C14H17BrN2O3. The van der Waals surface area contributed by atoms with Crippen LogP contribution < -0.4 is 0 Å². The fraction of sp³-hybridized carbons (Fsp3) is 0.429. The standard InChI is InChI=1S/C14H17BrN2O3/c15-12-3-1-11(2-4-12)9-13(18)17-7-5-16(6-8-17)10-14(19)20/h1-4H,5-10H2,(H,19,20). The van der Waals surface area contributed by atoms with Gasteiger partial charge in [0.05, 0.1) is 13.0 Å². The summed E-state index contributed by atoms with van der Waals surface area (Å²) in [6.07, 6.45) is 0.395. The summed E-state index contributed by atoms with van der Waals surface area (Å²) in [5.41, 5.74) is 0.992. The molecule has 1 heterocycles. The second kappa shape index (κ2) is 6.85. The maximum Gasteiger partial charge on any atom is 0.317 e. The van der Waals surface area contributed by atoms with Gasteiger partial charge in [0.1, 0.15) is 0 Å². The van der Waals surface area contributed by atoms with Gasteiger partial charge < -0.3 is 10.0 Å². The predicted octanol–water partition coefficient (Wildman–Crippen LogP) is 1.22. The van der Waals surface area contributed by atoms with E-state index in [0.29, 0.717) is 32.6 Å². The van der Waals surface area contributed by atoms with Crippen LogP contribution in [0.4, 0.5) is 0 Å². The Balaban J connectivity index is 1.82. The molecule has 1 amide bonds. The van der Waals surface area contributed by atoms with Crippen LogP contribution in [-0.4, -0.2) is 59.5 Å². The predicted molar refractivity (Wildman–Crippen MR) is 78.5 cm³/mol. The van der Waals surface area contributed by atoms with Crippen LogP contribution in [0.2, 0.25) is 0 Å². The first-order chi connectivity index (χ1) is 9.54. The summed E-state index contributed by atoms with van der Waals surface area (Å²) in [6, 6.07) is 7.71. The van der Waals surface area contributed by atoms with Gasteiger partial charge in [-0.25, -0.2) is 0 Å². The highest BCUT2D eigenvalue weighted by Gasteiger charge is 2.22. The van der Waals surface area contributed by atoms with Crippen LogP contribution in [0.1, 0.15) is 5.56 Å². The van der Waals surface area contributed by atoms with Crippen LogP contribution in [0.5, 0.6) is 0 Å². The number of carboxylic acid groups (broad SMARTS) is 1. The number of halogens is 1. The van der Waals surface area contributed by atoms with Crippen molar-refractivity contribution in [3.8, 4) is 0 Å². The molecule has 0 aromatic heterocycles. The van der Waals surface area contributed by atoms with E-state index < -0.39 is 5.97 Å². The van der Waals surface area contributed by atoms with Gasteiger partial charge in [0.2, 0.25) is 5.91 Å². The van der Waals surface area contributed by atoms with E-state index in [4.69, 9.17) is 5.11 Å². The molecule has 6 heteroatoms. The molecule has 108 valence electrons. The molecule has 1 N–H and O–H groups in total. The number of hydrogen-bond donors (Lipinski definition) is 1. The number of rotatable bonds is 4. The first kappa shape index (κ1) is 15.0. The molecule has 0 unspecified atom stereocenters. The number of carbonyl (C=O) groups is 2. The Hall–Kier alpha value is -1.40. The Bertz CT molecular complexity index is 482. The first-order valence-electron chi connectivity index (χ1n) is 6.51. The molecule has 5 nitrogen and oxygen atoms in total. The van der Waals surface area contributed by atoms with Crippen LogP contribution in [0.25, 0.3) is 0 Å². The molecule has 1 aliphatic heterocycles.